The molecule has 0 aromatic heterocycles. The minimum atomic E-state index is -0.595. The monoisotopic (exact) mass is 207 g/mol. The van der Waals surface area contributed by atoms with E-state index in [-0.39, 0.29) is 6.04 Å². The molecule has 0 fully saturated rings. The van der Waals surface area contributed by atoms with E-state index in [1.807, 2.05) is 24.3 Å². The zero-order valence-corrected chi connectivity index (χ0v) is 8.85. The molecule has 82 valence electrons. The van der Waals surface area contributed by atoms with E-state index < -0.39 is 12.2 Å². The Balaban J connectivity index is 2.20. The second kappa shape index (κ2) is 4.31. The van der Waals surface area contributed by atoms with Crippen LogP contribution in [0.5, 0.6) is 0 Å². The molecule has 0 saturated carbocycles. The molecule has 0 spiro atoms. The molecule has 2 unspecified atom stereocenters. The fourth-order valence-electron chi connectivity index (χ4n) is 2.14. The summed E-state index contributed by atoms with van der Waals surface area (Å²) >= 11 is 0. The van der Waals surface area contributed by atoms with E-state index in [0.29, 0.717) is 0 Å². The maximum absolute atomic E-state index is 10.0. The van der Waals surface area contributed by atoms with Gasteiger partial charge in [0.05, 0.1) is 18.2 Å². The molecule has 2 atom stereocenters. The fourth-order valence-corrected chi connectivity index (χ4v) is 2.14. The van der Waals surface area contributed by atoms with E-state index in [1.54, 1.807) is 0 Å². The zero-order valence-electron chi connectivity index (χ0n) is 8.85. The molecule has 0 bridgehead atoms. The van der Waals surface area contributed by atoms with Crippen molar-refractivity contribution in [1.82, 2.24) is 5.32 Å². The molecule has 1 aliphatic carbocycles. The van der Waals surface area contributed by atoms with Crippen molar-refractivity contribution < 1.29 is 10.2 Å². The fraction of sp³-hybridized carbons (Fsp3) is 0.500. The largest absolute Gasteiger partial charge is 0.387 e. The van der Waals surface area contributed by atoms with Crippen LogP contribution in [-0.2, 0) is 0 Å². The molecule has 3 N–H and O–H groups in total. The summed E-state index contributed by atoms with van der Waals surface area (Å²) in [5.41, 5.74) is 1.69. The Morgan fingerprint density at radius 3 is 2.13 bits per heavy atom. The molecule has 0 heterocycles. The number of nitrogens with one attached hydrogen (secondary N) is 1. The van der Waals surface area contributed by atoms with Crippen LogP contribution >= 0.6 is 0 Å². The summed E-state index contributed by atoms with van der Waals surface area (Å²) in [4.78, 5) is 0. The lowest BCUT2D eigenvalue weighted by Gasteiger charge is -2.19. The van der Waals surface area contributed by atoms with Gasteiger partial charge in [-0.05, 0) is 24.1 Å². The van der Waals surface area contributed by atoms with Gasteiger partial charge in [0.1, 0.15) is 0 Å². The highest BCUT2D eigenvalue weighted by Gasteiger charge is 2.37. The summed E-state index contributed by atoms with van der Waals surface area (Å²) in [5, 5.41) is 23.2. The number of benzene rings is 1. The normalized spacial score (nSPS) is 29.1. The molecule has 0 radical (unpaired) electrons. The van der Waals surface area contributed by atoms with Crippen LogP contribution in [0.25, 0.3) is 0 Å². The van der Waals surface area contributed by atoms with Crippen LogP contribution in [0.3, 0.4) is 0 Å². The molecular formula is C12H17NO2. The first kappa shape index (κ1) is 10.6. The summed E-state index contributed by atoms with van der Waals surface area (Å²) in [6.45, 7) is 2.88. The van der Waals surface area contributed by atoms with Gasteiger partial charge >= 0.3 is 0 Å². The topological polar surface area (TPSA) is 52.5 Å². The maximum Gasteiger partial charge on any atom is 0.0975 e. The third-order valence-corrected chi connectivity index (χ3v) is 2.94. The Morgan fingerprint density at radius 2 is 1.67 bits per heavy atom. The van der Waals surface area contributed by atoms with Crippen molar-refractivity contribution in [3.05, 3.63) is 35.4 Å². The lowest BCUT2D eigenvalue weighted by molar-refractivity contribution is 0.0607. The van der Waals surface area contributed by atoms with Crippen molar-refractivity contribution >= 4 is 0 Å². The van der Waals surface area contributed by atoms with Crippen molar-refractivity contribution in [2.75, 3.05) is 6.54 Å². The Morgan fingerprint density at radius 1 is 1.13 bits per heavy atom. The quantitative estimate of drug-likeness (QED) is 0.696. The molecule has 15 heavy (non-hydrogen) atoms. The molecule has 2 rings (SSSR count). The molecule has 0 amide bonds. The molecule has 0 saturated heterocycles. The standard InChI is InChI=1S/C12H17NO2/c1-2-7-13-10-11(14)8-5-3-4-6-9(8)12(10)15/h3-6,10-15H,2,7H2,1H3. The first-order valence-corrected chi connectivity index (χ1v) is 5.44. The van der Waals surface area contributed by atoms with Crippen LogP contribution in [-0.4, -0.2) is 22.8 Å². The number of hydrogen-bond acceptors (Lipinski definition) is 3. The molecule has 3 heteroatoms. The van der Waals surface area contributed by atoms with Crippen LogP contribution in [0, 0.1) is 0 Å². The van der Waals surface area contributed by atoms with E-state index in [2.05, 4.69) is 12.2 Å². The number of aliphatic hydroxyl groups is 2. The van der Waals surface area contributed by atoms with Gasteiger partial charge in [-0.1, -0.05) is 31.2 Å². The van der Waals surface area contributed by atoms with Gasteiger partial charge in [-0.15, -0.1) is 0 Å². The van der Waals surface area contributed by atoms with Crippen LogP contribution in [0.1, 0.15) is 36.7 Å². The Kier molecular flexibility index (Phi) is 3.05. The molecule has 1 aromatic carbocycles. The van der Waals surface area contributed by atoms with Crippen LogP contribution < -0.4 is 5.32 Å². The number of fused-ring (bicyclic) bond motifs is 1. The number of aliphatic hydroxyl groups excluding tert-OH is 2. The van der Waals surface area contributed by atoms with E-state index >= 15 is 0 Å². The third-order valence-electron chi connectivity index (χ3n) is 2.94. The highest BCUT2D eigenvalue weighted by Crippen LogP contribution is 2.38. The summed E-state index contributed by atoms with van der Waals surface area (Å²) in [5.74, 6) is 0. The first-order chi connectivity index (χ1) is 7.25. The Labute approximate surface area is 89.8 Å². The van der Waals surface area contributed by atoms with Gasteiger partial charge in [0, 0.05) is 0 Å². The van der Waals surface area contributed by atoms with Gasteiger partial charge in [0.15, 0.2) is 0 Å². The number of hydrogen-bond donors (Lipinski definition) is 3. The first-order valence-electron chi connectivity index (χ1n) is 5.44. The minimum Gasteiger partial charge on any atom is -0.387 e. The molecular weight excluding hydrogens is 190 g/mol. The van der Waals surface area contributed by atoms with E-state index in [4.69, 9.17) is 0 Å². The average molecular weight is 207 g/mol. The predicted molar refractivity (Wildman–Crippen MR) is 58.4 cm³/mol. The van der Waals surface area contributed by atoms with Gasteiger partial charge in [0.25, 0.3) is 0 Å². The van der Waals surface area contributed by atoms with E-state index in [1.165, 1.54) is 0 Å². The number of rotatable bonds is 3. The van der Waals surface area contributed by atoms with Gasteiger partial charge in [-0.2, -0.15) is 0 Å². The summed E-state index contributed by atoms with van der Waals surface area (Å²) in [6, 6.07) is 7.25. The maximum atomic E-state index is 10.0. The summed E-state index contributed by atoms with van der Waals surface area (Å²) in [6.07, 6.45) is -0.197. The second-order valence-electron chi connectivity index (χ2n) is 4.00. The van der Waals surface area contributed by atoms with Gasteiger partial charge in [-0.3, -0.25) is 0 Å². The molecule has 0 aliphatic heterocycles. The summed E-state index contributed by atoms with van der Waals surface area (Å²) in [7, 11) is 0. The van der Waals surface area contributed by atoms with Crippen molar-refractivity contribution in [2.24, 2.45) is 0 Å². The Hall–Kier alpha value is -0.900. The SMILES string of the molecule is CCCNC1C(O)c2ccccc2C1O. The average Bonchev–Trinajstić information content (AvgIpc) is 2.51. The van der Waals surface area contributed by atoms with Crippen molar-refractivity contribution in [3.63, 3.8) is 0 Å². The predicted octanol–water partition coefficient (Wildman–Crippen LogP) is 1.14. The molecule has 3 nitrogen and oxygen atoms in total. The molecule has 1 aromatic rings. The highest BCUT2D eigenvalue weighted by atomic mass is 16.3. The van der Waals surface area contributed by atoms with Crippen molar-refractivity contribution in [3.8, 4) is 0 Å². The molecule has 1 aliphatic rings. The smallest absolute Gasteiger partial charge is 0.0975 e. The van der Waals surface area contributed by atoms with Crippen molar-refractivity contribution in [2.45, 2.75) is 31.6 Å². The van der Waals surface area contributed by atoms with Crippen LogP contribution in [0.4, 0.5) is 0 Å². The third kappa shape index (κ3) is 1.78. The minimum absolute atomic E-state index is 0.262. The van der Waals surface area contributed by atoms with Crippen molar-refractivity contribution in [1.29, 1.82) is 0 Å². The Bertz CT molecular complexity index is 311. The highest BCUT2D eigenvalue weighted by molar-refractivity contribution is 5.38. The van der Waals surface area contributed by atoms with Gasteiger partial charge in [-0.25, -0.2) is 0 Å². The van der Waals surface area contributed by atoms with Gasteiger partial charge in [0.2, 0.25) is 0 Å². The zero-order chi connectivity index (χ0) is 10.8. The van der Waals surface area contributed by atoms with E-state index in [0.717, 1.165) is 24.1 Å². The lowest BCUT2D eigenvalue weighted by atomic mass is 10.1. The van der Waals surface area contributed by atoms with E-state index in [9.17, 15) is 10.2 Å². The lowest BCUT2D eigenvalue weighted by Crippen LogP contribution is -2.36. The second-order valence-corrected chi connectivity index (χ2v) is 4.00. The van der Waals surface area contributed by atoms with Crippen LogP contribution in [0.2, 0.25) is 0 Å². The summed E-state index contributed by atoms with van der Waals surface area (Å²) < 4.78 is 0. The van der Waals surface area contributed by atoms with Gasteiger partial charge < -0.3 is 15.5 Å². The van der Waals surface area contributed by atoms with Crippen LogP contribution in [0.15, 0.2) is 24.3 Å².